The van der Waals surface area contributed by atoms with E-state index >= 15 is 0 Å². The summed E-state index contributed by atoms with van der Waals surface area (Å²) in [6.07, 6.45) is 0. The summed E-state index contributed by atoms with van der Waals surface area (Å²) in [5.41, 5.74) is -0.237. The van der Waals surface area contributed by atoms with E-state index in [1.165, 1.54) is 15.9 Å². The van der Waals surface area contributed by atoms with Gasteiger partial charge in [0.1, 0.15) is 0 Å². The molecule has 14 heavy (non-hydrogen) atoms. The summed E-state index contributed by atoms with van der Waals surface area (Å²) in [5, 5.41) is 4.99. The second kappa shape index (κ2) is 3.72. The minimum absolute atomic E-state index is 0.237. The van der Waals surface area contributed by atoms with Gasteiger partial charge in [-0.2, -0.15) is 0 Å². The van der Waals surface area contributed by atoms with E-state index < -0.39 is 0 Å². The fourth-order valence-electron chi connectivity index (χ4n) is 1.07. The summed E-state index contributed by atoms with van der Waals surface area (Å²) >= 11 is 12.1. The highest BCUT2D eigenvalue weighted by Gasteiger charge is 2.03. The molecule has 0 atom stereocenters. The van der Waals surface area contributed by atoms with Crippen LogP contribution in [0.5, 0.6) is 0 Å². The van der Waals surface area contributed by atoms with Gasteiger partial charge in [-0.25, -0.2) is 9.89 Å². The molecule has 0 fully saturated rings. The van der Waals surface area contributed by atoms with Crippen LogP contribution in [0.15, 0.2) is 16.9 Å². The molecule has 2 aromatic rings. The quantitative estimate of drug-likeness (QED) is 0.798. The summed E-state index contributed by atoms with van der Waals surface area (Å²) in [4.78, 5) is 12.2. The van der Waals surface area contributed by atoms with Crippen LogP contribution in [0, 0.1) is 4.77 Å². The molecule has 4 nitrogen and oxygen atoms in total. The van der Waals surface area contributed by atoms with E-state index in [1.807, 2.05) is 6.07 Å². The Morgan fingerprint density at radius 3 is 2.79 bits per heavy atom. The third kappa shape index (κ3) is 1.82. The lowest BCUT2D eigenvalue weighted by Crippen LogP contribution is -2.16. The molecule has 2 heterocycles. The van der Waals surface area contributed by atoms with Crippen molar-refractivity contribution in [3.05, 3.63) is 36.6 Å². The summed E-state index contributed by atoms with van der Waals surface area (Å²) in [6.45, 7) is 0.453. The summed E-state index contributed by atoms with van der Waals surface area (Å²) in [7, 11) is 0. The van der Waals surface area contributed by atoms with E-state index in [0.717, 1.165) is 4.88 Å². The molecule has 0 saturated carbocycles. The van der Waals surface area contributed by atoms with Gasteiger partial charge in [-0.05, 0) is 24.4 Å². The first-order chi connectivity index (χ1) is 6.66. The largest absolute Gasteiger partial charge is 0.342 e. The zero-order chi connectivity index (χ0) is 10.1. The fourth-order valence-corrected chi connectivity index (χ4v) is 2.35. The Morgan fingerprint density at radius 1 is 1.50 bits per heavy atom. The topological polar surface area (TPSA) is 53.6 Å². The van der Waals surface area contributed by atoms with Gasteiger partial charge in [0.2, 0.25) is 0 Å². The number of thiophene rings is 1. The van der Waals surface area contributed by atoms with Crippen molar-refractivity contribution < 1.29 is 0 Å². The van der Waals surface area contributed by atoms with Crippen LogP contribution in [0.4, 0.5) is 0 Å². The molecule has 0 amide bonds. The molecule has 0 aliphatic heterocycles. The number of hydrogen-bond acceptors (Lipinski definition) is 3. The lowest BCUT2D eigenvalue weighted by atomic mass is 10.5. The van der Waals surface area contributed by atoms with Crippen molar-refractivity contribution in [1.29, 1.82) is 0 Å². The van der Waals surface area contributed by atoms with Gasteiger partial charge in [0.25, 0.3) is 0 Å². The Labute approximate surface area is 93.1 Å². The zero-order valence-corrected chi connectivity index (χ0v) is 9.30. The monoisotopic (exact) mass is 247 g/mol. The van der Waals surface area contributed by atoms with Gasteiger partial charge in [0.05, 0.1) is 10.9 Å². The molecule has 0 aliphatic carbocycles. The van der Waals surface area contributed by atoms with Gasteiger partial charge in [0, 0.05) is 4.88 Å². The maximum atomic E-state index is 11.2. The van der Waals surface area contributed by atoms with Crippen molar-refractivity contribution in [3.63, 3.8) is 0 Å². The van der Waals surface area contributed by atoms with E-state index in [1.54, 1.807) is 6.07 Å². The van der Waals surface area contributed by atoms with E-state index in [4.69, 9.17) is 23.8 Å². The molecule has 0 aliphatic rings. The average molecular weight is 248 g/mol. The number of aromatic amines is 2. The van der Waals surface area contributed by atoms with E-state index in [-0.39, 0.29) is 5.69 Å². The maximum Gasteiger partial charge on any atom is 0.342 e. The highest BCUT2D eigenvalue weighted by atomic mass is 35.5. The van der Waals surface area contributed by atoms with E-state index in [0.29, 0.717) is 15.7 Å². The van der Waals surface area contributed by atoms with Crippen molar-refractivity contribution in [1.82, 2.24) is 14.8 Å². The van der Waals surface area contributed by atoms with Crippen LogP contribution in [-0.4, -0.2) is 14.8 Å². The SMILES string of the molecule is O=c1[nH][nH]c(=S)n1Cc1ccc(Cl)s1. The van der Waals surface area contributed by atoms with Crippen molar-refractivity contribution in [2.45, 2.75) is 6.54 Å². The van der Waals surface area contributed by atoms with Crippen LogP contribution in [0.3, 0.4) is 0 Å². The van der Waals surface area contributed by atoms with Gasteiger partial charge in [-0.15, -0.1) is 11.3 Å². The maximum absolute atomic E-state index is 11.2. The molecular weight excluding hydrogens is 242 g/mol. The molecule has 0 aromatic carbocycles. The first-order valence-corrected chi connectivity index (χ1v) is 5.39. The van der Waals surface area contributed by atoms with Crippen LogP contribution in [0.2, 0.25) is 4.34 Å². The second-order valence-electron chi connectivity index (χ2n) is 2.65. The van der Waals surface area contributed by atoms with Gasteiger partial charge in [0.15, 0.2) is 4.77 Å². The second-order valence-corrected chi connectivity index (χ2v) is 4.84. The van der Waals surface area contributed by atoms with Crippen molar-refractivity contribution in [2.24, 2.45) is 0 Å². The van der Waals surface area contributed by atoms with Gasteiger partial charge >= 0.3 is 5.69 Å². The summed E-state index contributed by atoms with van der Waals surface area (Å²) < 4.78 is 2.54. The third-order valence-corrected chi connectivity index (χ3v) is 3.25. The molecule has 2 rings (SSSR count). The molecule has 74 valence electrons. The number of halogens is 1. The first kappa shape index (κ1) is 9.70. The number of nitrogens with one attached hydrogen (secondary N) is 2. The fraction of sp³-hybridized carbons (Fsp3) is 0.143. The molecule has 7 heteroatoms. The molecular formula is C7H6ClN3OS2. The predicted molar refractivity (Wildman–Crippen MR) is 58.7 cm³/mol. The normalized spacial score (nSPS) is 10.6. The Bertz CT molecular complexity index is 522. The van der Waals surface area contributed by atoms with Crippen LogP contribution >= 0.6 is 35.2 Å². The lowest BCUT2D eigenvalue weighted by Gasteiger charge is -1.95. The Kier molecular flexibility index (Phi) is 2.58. The van der Waals surface area contributed by atoms with Crippen LogP contribution in [0.25, 0.3) is 0 Å². The summed E-state index contributed by atoms with van der Waals surface area (Å²) in [6, 6.07) is 3.67. The highest BCUT2D eigenvalue weighted by Crippen LogP contribution is 2.21. The molecule has 0 spiro atoms. The average Bonchev–Trinajstić information content (AvgIpc) is 2.67. The van der Waals surface area contributed by atoms with E-state index in [2.05, 4.69) is 10.2 Å². The predicted octanol–water partition coefficient (Wildman–Crippen LogP) is 2.00. The van der Waals surface area contributed by atoms with Crippen LogP contribution in [-0.2, 0) is 6.54 Å². The summed E-state index contributed by atoms with van der Waals surface area (Å²) in [5.74, 6) is 0. The van der Waals surface area contributed by atoms with Crippen LogP contribution in [0.1, 0.15) is 4.88 Å². The van der Waals surface area contributed by atoms with Gasteiger partial charge < -0.3 is 0 Å². The number of nitrogens with zero attached hydrogens (tertiary/aromatic N) is 1. The Balaban J connectivity index is 2.36. The van der Waals surface area contributed by atoms with E-state index in [9.17, 15) is 4.79 Å². The highest BCUT2D eigenvalue weighted by molar-refractivity contribution is 7.71. The van der Waals surface area contributed by atoms with Crippen molar-refractivity contribution >= 4 is 35.2 Å². The number of hydrogen-bond donors (Lipinski definition) is 2. The van der Waals surface area contributed by atoms with Crippen molar-refractivity contribution in [2.75, 3.05) is 0 Å². The zero-order valence-electron chi connectivity index (χ0n) is 6.91. The molecule has 0 bridgehead atoms. The molecule has 0 saturated heterocycles. The number of rotatable bonds is 2. The minimum Gasteiger partial charge on any atom is -0.272 e. The lowest BCUT2D eigenvalue weighted by molar-refractivity contribution is 0.761. The first-order valence-electron chi connectivity index (χ1n) is 3.78. The Hall–Kier alpha value is -0.850. The Morgan fingerprint density at radius 2 is 2.29 bits per heavy atom. The molecule has 2 N–H and O–H groups in total. The smallest absolute Gasteiger partial charge is 0.272 e. The molecule has 0 unspecified atom stereocenters. The standard InChI is InChI=1S/C7H6ClN3OS2/c8-5-2-1-4(14-5)3-11-6(12)9-10-7(11)13/h1-2H,3H2,(H,9,12)(H,10,13). The van der Waals surface area contributed by atoms with Gasteiger partial charge in [-0.1, -0.05) is 11.6 Å². The van der Waals surface area contributed by atoms with Gasteiger partial charge in [-0.3, -0.25) is 9.67 Å². The third-order valence-electron chi connectivity index (χ3n) is 1.71. The minimum atomic E-state index is -0.237. The molecule has 2 aromatic heterocycles. The number of aromatic nitrogens is 3. The molecule has 0 radical (unpaired) electrons. The number of H-pyrrole nitrogens is 2. The van der Waals surface area contributed by atoms with Crippen molar-refractivity contribution in [3.8, 4) is 0 Å². The van der Waals surface area contributed by atoms with Crippen LogP contribution < -0.4 is 5.69 Å².